The number of nitrogens with zero attached hydrogens (tertiary/aromatic N) is 3. The lowest BCUT2D eigenvalue weighted by Gasteiger charge is -2.37. The Morgan fingerprint density at radius 3 is 2.55 bits per heavy atom. The van der Waals surface area contributed by atoms with Crippen LogP contribution in [-0.2, 0) is 0 Å². The summed E-state index contributed by atoms with van der Waals surface area (Å²) in [7, 11) is 0. The first-order chi connectivity index (χ1) is 9.37. The van der Waals surface area contributed by atoms with Crippen molar-refractivity contribution in [2.75, 3.05) is 32.7 Å². The molecule has 1 aromatic rings. The predicted octanol–water partition coefficient (Wildman–Crippen LogP) is 0.919. The number of piperazine rings is 1. The van der Waals surface area contributed by atoms with Gasteiger partial charge in [0.2, 0.25) is 0 Å². The zero-order valence-electron chi connectivity index (χ0n) is 12.5. The van der Waals surface area contributed by atoms with Crippen LogP contribution in [0.2, 0.25) is 0 Å². The zero-order chi connectivity index (χ0) is 14.8. The van der Waals surface area contributed by atoms with Gasteiger partial charge in [-0.25, -0.2) is 0 Å². The molecule has 0 bridgehead atoms. The van der Waals surface area contributed by atoms with Crippen LogP contribution >= 0.6 is 0 Å². The Morgan fingerprint density at radius 1 is 1.35 bits per heavy atom. The highest BCUT2D eigenvalue weighted by Crippen LogP contribution is 2.13. The van der Waals surface area contributed by atoms with Crippen LogP contribution in [0.4, 0.5) is 0 Å². The van der Waals surface area contributed by atoms with Gasteiger partial charge in [-0.2, -0.15) is 0 Å². The number of carbonyl (C=O) groups is 1. The molecule has 2 rings (SSSR count). The number of β-amino-alcohol motifs (C(OH)–C–C–N with tert-alkyl or cyclic N) is 1. The molecule has 1 aliphatic heterocycles. The monoisotopic (exact) mass is 277 g/mol. The molecule has 0 aliphatic carbocycles. The van der Waals surface area contributed by atoms with Crippen molar-refractivity contribution in [3.63, 3.8) is 0 Å². The molecular weight excluding hydrogens is 254 g/mol. The first-order valence-corrected chi connectivity index (χ1v) is 7.02. The van der Waals surface area contributed by atoms with Gasteiger partial charge in [0, 0.05) is 44.6 Å². The molecule has 0 unspecified atom stereocenters. The molecule has 2 heterocycles. The maximum atomic E-state index is 12.4. The van der Waals surface area contributed by atoms with E-state index in [4.69, 9.17) is 0 Å². The van der Waals surface area contributed by atoms with Crippen LogP contribution in [0.1, 0.15) is 29.9 Å². The highest BCUT2D eigenvalue weighted by Gasteiger charge is 2.26. The van der Waals surface area contributed by atoms with Crippen molar-refractivity contribution in [1.82, 2.24) is 14.8 Å². The van der Waals surface area contributed by atoms with E-state index in [0.717, 1.165) is 18.8 Å². The van der Waals surface area contributed by atoms with Crippen molar-refractivity contribution in [2.24, 2.45) is 0 Å². The van der Waals surface area contributed by atoms with Gasteiger partial charge in [-0.3, -0.25) is 14.7 Å². The Balaban J connectivity index is 1.94. The highest BCUT2D eigenvalue weighted by molar-refractivity contribution is 5.95. The summed E-state index contributed by atoms with van der Waals surface area (Å²) in [4.78, 5) is 20.7. The second-order valence-corrected chi connectivity index (χ2v) is 6.02. The number of rotatable bonds is 3. The van der Waals surface area contributed by atoms with Crippen molar-refractivity contribution < 1.29 is 9.90 Å². The molecule has 0 atom stereocenters. The van der Waals surface area contributed by atoms with Gasteiger partial charge >= 0.3 is 0 Å². The number of hydrogen-bond donors (Lipinski definition) is 1. The summed E-state index contributed by atoms with van der Waals surface area (Å²) < 4.78 is 0. The molecule has 1 fully saturated rings. The molecule has 1 aliphatic rings. The normalized spacial score (nSPS) is 17.3. The van der Waals surface area contributed by atoms with E-state index >= 15 is 0 Å². The average Bonchev–Trinajstić information content (AvgIpc) is 2.37. The van der Waals surface area contributed by atoms with Gasteiger partial charge in [-0.1, -0.05) is 0 Å². The van der Waals surface area contributed by atoms with Crippen LogP contribution in [0.25, 0.3) is 0 Å². The lowest BCUT2D eigenvalue weighted by molar-refractivity contribution is 0.0178. The fourth-order valence-electron chi connectivity index (χ4n) is 2.54. The second-order valence-electron chi connectivity index (χ2n) is 6.02. The Hall–Kier alpha value is -1.46. The van der Waals surface area contributed by atoms with Gasteiger partial charge in [0.05, 0.1) is 11.2 Å². The quantitative estimate of drug-likeness (QED) is 0.892. The number of aliphatic hydroxyl groups is 1. The fourth-order valence-corrected chi connectivity index (χ4v) is 2.54. The number of carbonyl (C=O) groups excluding carboxylic acids is 1. The lowest BCUT2D eigenvalue weighted by atomic mass is 10.1. The minimum atomic E-state index is -0.688. The van der Waals surface area contributed by atoms with Gasteiger partial charge in [0.25, 0.3) is 5.91 Å². The van der Waals surface area contributed by atoms with Crippen LogP contribution in [-0.4, -0.2) is 64.1 Å². The number of amides is 1. The third kappa shape index (κ3) is 3.77. The molecule has 1 amide bonds. The van der Waals surface area contributed by atoms with E-state index < -0.39 is 5.60 Å². The van der Waals surface area contributed by atoms with E-state index in [1.54, 1.807) is 12.3 Å². The van der Waals surface area contributed by atoms with Crippen LogP contribution in [0.5, 0.6) is 0 Å². The first-order valence-electron chi connectivity index (χ1n) is 7.02. The largest absolute Gasteiger partial charge is 0.389 e. The van der Waals surface area contributed by atoms with Crippen molar-refractivity contribution in [1.29, 1.82) is 0 Å². The number of aryl methyl sites for hydroxylation is 1. The van der Waals surface area contributed by atoms with E-state index in [-0.39, 0.29) is 5.91 Å². The van der Waals surface area contributed by atoms with Crippen LogP contribution in [0.15, 0.2) is 18.3 Å². The Kier molecular flexibility index (Phi) is 4.40. The third-order valence-corrected chi connectivity index (χ3v) is 3.51. The Morgan fingerprint density at radius 2 is 2.00 bits per heavy atom. The predicted molar refractivity (Wildman–Crippen MR) is 77.6 cm³/mol. The van der Waals surface area contributed by atoms with Gasteiger partial charge < -0.3 is 10.0 Å². The number of aromatic nitrogens is 1. The average molecular weight is 277 g/mol. The number of hydrogen-bond acceptors (Lipinski definition) is 4. The van der Waals surface area contributed by atoms with E-state index in [1.165, 1.54) is 0 Å². The van der Waals surface area contributed by atoms with Gasteiger partial charge in [-0.15, -0.1) is 0 Å². The number of pyridine rings is 1. The molecule has 0 spiro atoms. The Bertz CT molecular complexity index is 474. The van der Waals surface area contributed by atoms with Gasteiger partial charge in [0.1, 0.15) is 0 Å². The standard InChI is InChI=1S/C15H23N3O2/c1-12-13(5-4-6-16-12)14(19)18-9-7-17(8-10-18)11-15(2,3)20/h4-6,20H,7-11H2,1-3H3. The minimum absolute atomic E-state index is 0.0542. The van der Waals surface area contributed by atoms with Crippen molar-refractivity contribution in [3.8, 4) is 0 Å². The van der Waals surface area contributed by atoms with Crippen LogP contribution in [0, 0.1) is 6.92 Å². The van der Waals surface area contributed by atoms with E-state index in [0.29, 0.717) is 25.2 Å². The fraction of sp³-hybridized carbons (Fsp3) is 0.600. The van der Waals surface area contributed by atoms with Gasteiger partial charge in [0.15, 0.2) is 0 Å². The molecule has 0 radical (unpaired) electrons. The molecule has 0 saturated carbocycles. The first kappa shape index (κ1) is 14.9. The summed E-state index contributed by atoms with van der Waals surface area (Å²) in [6.07, 6.45) is 1.70. The molecule has 5 heteroatoms. The molecule has 1 aromatic heterocycles. The maximum Gasteiger partial charge on any atom is 0.255 e. The highest BCUT2D eigenvalue weighted by atomic mass is 16.3. The van der Waals surface area contributed by atoms with Gasteiger partial charge in [-0.05, 0) is 32.9 Å². The minimum Gasteiger partial charge on any atom is -0.389 e. The summed E-state index contributed by atoms with van der Waals surface area (Å²) in [5, 5.41) is 9.83. The molecule has 1 N–H and O–H groups in total. The summed E-state index contributed by atoms with van der Waals surface area (Å²) in [6.45, 7) is 9.11. The van der Waals surface area contributed by atoms with E-state index in [1.807, 2.05) is 31.7 Å². The summed E-state index contributed by atoms with van der Waals surface area (Å²) in [6, 6.07) is 3.62. The van der Waals surface area contributed by atoms with Crippen molar-refractivity contribution in [3.05, 3.63) is 29.6 Å². The smallest absolute Gasteiger partial charge is 0.255 e. The summed E-state index contributed by atoms with van der Waals surface area (Å²) >= 11 is 0. The maximum absolute atomic E-state index is 12.4. The van der Waals surface area contributed by atoms with Crippen LogP contribution < -0.4 is 0 Å². The van der Waals surface area contributed by atoms with Crippen LogP contribution in [0.3, 0.4) is 0 Å². The zero-order valence-corrected chi connectivity index (χ0v) is 12.5. The molecule has 110 valence electrons. The second kappa shape index (κ2) is 5.89. The van der Waals surface area contributed by atoms with E-state index in [2.05, 4.69) is 9.88 Å². The molecule has 5 nitrogen and oxygen atoms in total. The van der Waals surface area contributed by atoms with Crippen molar-refractivity contribution >= 4 is 5.91 Å². The molecule has 0 aromatic carbocycles. The SMILES string of the molecule is Cc1ncccc1C(=O)N1CCN(CC(C)(C)O)CC1. The summed E-state index contributed by atoms with van der Waals surface area (Å²) in [5.41, 5.74) is 0.770. The van der Waals surface area contributed by atoms with E-state index in [9.17, 15) is 9.90 Å². The molecule has 20 heavy (non-hydrogen) atoms. The third-order valence-electron chi connectivity index (χ3n) is 3.51. The molecular formula is C15H23N3O2. The topological polar surface area (TPSA) is 56.7 Å². The Labute approximate surface area is 120 Å². The van der Waals surface area contributed by atoms with Crippen molar-refractivity contribution in [2.45, 2.75) is 26.4 Å². The molecule has 1 saturated heterocycles. The summed E-state index contributed by atoms with van der Waals surface area (Å²) in [5.74, 6) is 0.0542. The lowest BCUT2D eigenvalue weighted by Crippen LogP contribution is -2.52.